The van der Waals surface area contributed by atoms with Crippen molar-refractivity contribution in [2.24, 2.45) is 4.99 Å². The number of rotatable bonds is 8. The highest BCUT2D eigenvalue weighted by Gasteiger charge is 2.14. The fourth-order valence-corrected chi connectivity index (χ4v) is 3.12. The molecule has 2 N–H and O–H groups in total. The lowest BCUT2D eigenvalue weighted by atomic mass is 10.2. The van der Waals surface area contributed by atoms with Crippen molar-refractivity contribution in [3.63, 3.8) is 0 Å². The van der Waals surface area contributed by atoms with Gasteiger partial charge in [-0.15, -0.1) is 11.3 Å². The zero-order valence-electron chi connectivity index (χ0n) is 13.6. The Morgan fingerprint density at radius 1 is 1.50 bits per heavy atom. The van der Waals surface area contributed by atoms with Crippen molar-refractivity contribution in [3.8, 4) is 0 Å². The van der Waals surface area contributed by atoms with E-state index in [0.717, 1.165) is 45.0 Å². The zero-order chi connectivity index (χ0) is 15.6. The van der Waals surface area contributed by atoms with Crippen LogP contribution < -0.4 is 10.6 Å². The summed E-state index contributed by atoms with van der Waals surface area (Å²) >= 11 is 1.75. The van der Waals surface area contributed by atoms with Gasteiger partial charge >= 0.3 is 0 Å². The Kier molecular flexibility index (Phi) is 7.70. The molecule has 0 radical (unpaired) electrons. The lowest BCUT2D eigenvalue weighted by molar-refractivity contribution is 0.0191. The van der Waals surface area contributed by atoms with Gasteiger partial charge in [0.1, 0.15) is 0 Å². The van der Waals surface area contributed by atoms with Crippen LogP contribution in [0.25, 0.3) is 0 Å². The first-order valence-corrected chi connectivity index (χ1v) is 8.92. The number of hydrogen-bond acceptors (Lipinski definition) is 4. The van der Waals surface area contributed by atoms with Crippen LogP contribution in [0, 0.1) is 6.92 Å². The average molecular weight is 325 g/mol. The SMILES string of the molecule is CCNC(=NCc1sccc1C)NCCOCC1CCCO1. The molecule has 0 bridgehead atoms. The normalized spacial score (nSPS) is 18.6. The van der Waals surface area contributed by atoms with E-state index >= 15 is 0 Å². The van der Waals surface area contributed by atoms with Gasteiger partial charge in [-0.2, -0.15) is 0 Å². The molecule has 1 saturated heterocycles. The minimum absolute atomic E-state index is 0.295. The molecule has 1 aromatic heterocycles. The predicted molar refractivity (Wildman–Crippen MR) is 91.7 cm³/mol. The Labute approximate surface area is 137 Å². The van der Waals surface area contributed by atoms with Gasteiger partial charge in [0.25, 0.3) is 0 Å². The van der Waals surface area contributed by atoms with E-state index in [2.05, 4.69) is 40.9 Å². The Hall–Kier alpha value is -1.11. The molecule has 1 aromatic rings. The van der Waals surface area contributed by atoms with Crippen molar-refractivity contribution in [2.75, 3.05) is 32.9 Å². The van der Waals surface area contributed by atoms with E-state index in [4.69, 9.17) is 9.47 Å². The minimum Gasteiger partial charge on any atom is -0.377 e. The molecule has 6 heteroatoms. The van der Waals surface area contributed by atoms with Gasteiger partial charge in [0.2, 0.25) is 0 Å². The van der Waals surface area contributed by atoms with Gasteiger partial charge in [-0.25, -0.2) is 4.99 Å². The first-order valence-electron chi connectivity index (χ1n) is 8.04. The van der Waals surface area contributed by atoms with E-state index in [9.17, 15) is 0 Å². The van der Waals surface area contributed by atoms with Crippen LogP contribution >= 0.6 is 11.3 Å². The van der Waals surface area contributed by atoms with Crippen molar-refractivity contribution in [2.45, 2.75) is 39.3 Å². The van der Waals surface area contributed by atoms with Crippen molar-refractivity contribution in [1.82, 2.24) is 10.6 Å². The van der Waals surface area contributed by atoms with Crippen molar-refractivity contribution < 1.29 is 9.47 Å². The maximum absolute atomic E-state index is 5.65. The van der Waals surface area contributed by atoms with E-state index in [1.165, 1.54) is 10.4 Å². The summed E-state index contributed by atoms with van der Waals surface area (Å²) < 4.78 is 11.2. The third-order valence-electron chi connectivity index (χ3n) is 3.56. The van der Waals surface area contributed by atoms with Gasteiger partial charge in [-0.3, -0.25) is 0 Å². The number of ether oxygens (including phenoxy) is 2. The van der Waals surface area contributed by atoms with Gasteiger partial charge in [0.15, 0.2) is 5.96 Å². The molecule has 2 heterocycles. The summed E-state index contributed by atoms with van der Waals surface area (Å²) in [6.07, 6.45) is 2.58. The van der Waals surface area contributed by atoms with Crippen LogP contribution in [0.1, 0.15) is 30.2 Å². The van der Waals surface area contributed by atoms with Gasteiger partial charge in [-0.1, -0.05) is 0 Å². The topological polar surface area (TPSA) is 54.9 Å². The Bertz CT molecular complexity index is 456. The van der Waals surface area contributed by atoms with Gasteiger partial charge in [-0.05, 0) is 43.7 Å². The quantitative estimate of drug-likeness (QED) is 0.437. The Balaban J connectivity index is 1.65. The molecule has 0 aliphatic carbocycles. The van der Waals surface area contributed by atoms with Crippen LogP contribution in [0.15, 0.2) is 16.4 Å². The molecule has 1 aliphatic heterocycles. The van der Waals surface area contributed by atoms with Crippen molar-refractivity contribution >= 4 is 17.3 Å². The minimum atomic E-state index is 0.295. The lowest BCUT2D eigenvalue weighted by Crippen LogP contribution is -2.39. The van der Waals surface area contributed by atoms with Gasteiger partial charge in [0.05, 0.1) is 25.9 Å². The van der Waals surface area contributed by atoms with E-state index < -0.39 is 0 Å². The van der Waals surface area contributed by atoms with Crippen LogP contribution in [-0.2, 0) is 16.0 Å². The van der Waals surface area contributed by atoms with E-state index in [0.29, 0.717) is 19.3 Å². The second-order valence-electron chi connectivity index (χ2n) is 5.36. The molecule has 1 unspecified atom stereocenters. The number of thiophene rings is 1. The molecule has 0 saturated carbocycles. The summed E-state index contributed by atoms with van der Waals surface area (Å²) in [6.45, 7) is 8.77. The number of nitrogens with zero attached hydrogens (tertiary/aromatic N) is 1. The molecule has 2 rings (SSSR count). The number of aryl methyl sites for hydroxylation is 1. The first-order chi connectivity index (χ1) is 10.8. The summed E-state index contributed by atoms with van der Waals surface area (Å²) in [5.41, 5.74) is 1.31. The van der Waals surface area contributed by atoms with E-state index in [-0.39, 0.29) is 0 Å². The summed E-state index contributed by atoms with van der Waals surface area (Å²) in [7, 11) is 0. The number of aliphatic imine (C=N–C) groups is 1. The second kappa shape index (κ2) is 9.82. The average Bonchev–Trinajstić information content (AvgIpc) is 3.16. The number of guanidine groups is 1. The van der Waals surface area contributed by atoms with Crippen LogP contribution in [0.4, 0.5) is 0 Å². The molecule has 22 heavy (non-hydrogen) atoms. The largest absolute Gasteiger partial charge is 0.377 e. The molecule has 0 spiro atoms. The Morgan fingerprint density at radius 2 is 2.41 bits per heavy atom. The molecule has 124 valence electrons. The molecule has 1 atom stereocenters. The van der Waals surface area contributed by atoms with Crippen LogP contribution in [0.3, 0.4) is 0 Å². The first kappa shape index (κ1) is 17.2. The molecule has 0 aromatic carbocycles. The highest BCUT2D eigenvalue weighted by molar-refractivity contribution is 7.10. The Morgan fingerprint density at radius 3 is 3.09 bits per heavy atom. The van der Waals surface area contributed by atoms with Crippen molar-refractivity contribution in [3.05, 3.63) is 21.9 Å². The molecule has 1 aliphatic rings. The maximum Gasteiger partial charge on any atom is 0.191 e. The highest BCUT2D eigenvalue weighted by Crippen LogP contribution is 2.16. The fraction of sp³-hybridized carbons (Fsp3) is 0.688. The summed E-state index contributed by atoms with van der Waals surface area (Å²) in [5, 5.41) is 8.68. The van der Waals surface area contributed by atoms with Crippen LogP contribution in [0.2, 0.25) is 0 Å². The number of hydrogen-bond donors (Lipinski definition) is 2. The third-order valence-corrected chi connectivity index (χ3v) is 4.57. The summed E-state index contributed by atoms with van der Waals surface area (Å²) in [4.78, 5) is 5.93. The molecule has 0 amide bonds. The number of nitrogens with one attached hydrogen (secondary N) is 2. The standard InChI is InChI=1S/C16H27N3O2S/c1-3-17-16(19-11-15-13(2)6-10-22-15)18-7-9-20-12-14-5-4-8-21-14/h6,10,14H,3-5,7-9,11-12H2,1-2H3,(H2,17,18,19). The predicted octanol–water partition coefficient (Wildman–Crippen LogP) is 2.31. The van der Waals surface area contributed by atoms with Crippen LogP contribution in [-0.4, -0.2) is 45.0 Å². The maximum atomic E-state index is 5.65. The zero-order valence-corrected chi connectivity index (χ0v) is 14.4. The summed E-state index contributed by atoms with van der Waals surface area (Å²) in [6, 6.07) is 2.13. The fourth-order valence-electron chi connectivity index (χ4n) is 2.29. The molecule has 5 nitrogen and oxygen atoms in total. The van der Waals surface area contributed by atoms with Gasteiger partial charge in [0, 0.05) is 24.6 Å². The summed E-state index contributed by atoms with van der Waals surface area (Å²) in [5.74, 6) is 0.844. The third kappa shape index (κ3) is 5.94. The molecular formula is C16H27N3O2S. The smallest absolute Gasteiger partial charge is 0.191 e. The van der Waals surface area contributed by atoms with Crippen LogP contribution in [0.5, 0.6) is 0 Å². The van der Waals surface area contributed by atoms with E-state index in [1.54, 1.807) is 11.3 Å². The molecular weight excluding hydrogens is 298 g/mol. The van der Waals surface area contributed by atoms with Gasteiger partial charge < -0.3 is 20.1 Å². The molecule has 1 fully saturated rings. The van der Waals surface area contributed by atoms with Crippen molar-refractivity contribution in [1.29, 1.82) is 0 Å². The van der Waals surface area contributed by atoms with E-state index in [1.807, 2.05) is 0 Å². The lowest BCUT2D eigenvalue weighted by Gasteiger charge is -2.13. The monoisotopic (exact) mass is 325 g/mol. The highest BCUT2D eigenvalue weighted by atomic mass is 32.1. The second-order valence-corrected chi connectivity index (χ2v) is 6.36.